The quantitative estimate of drug-likeness (QED) is 0.841. The first-order valence-electron chi connectivity index (χ1n) is 6.45. The second-order valence-electron chi connectivity index (χ2n) is 4.67. The minimum atomic E-state index is -0.249. The Hall–Kier alpha value is -2.36. The van der Waals surface area contributed by atoms with Gasteiger partial charge in [-0.1, -0.05) is 24.3 Å². The van der Waals surface area contributed by atoms with Crippen LogP contribution in [0.3, 0.4) is 0 Å². The van der Waals surface area contributed by atoms with Crippen LogP contribution in [0.1, 0.15) is 21.5 Å². The van der Waals surface area contributed by atoms with E-state index < -0.39 is 0 Å². The molecule has 3 N–H and O–H groups in total. The molecule has 0 aliphatic heterocycles. The molecule has 4 heteroatoms. The van der Waals surface area contributed by atoms with Gasteiger partial charge in [0.1, 0.15) is 5.82 Å². The van der Waals surface area contributed by atoms with Gasteiger partial charge in [0.15, 0.2) is 0 Å². The molecule has 3 nitrogen and oxygen atoms in total. The van der Waals surface area contributed by atoms with Crippen LogP contribution in [-0.4, -0.2) is 12.5 Å². The maximum Gasteiger partial charge on any atom is 0.251 e. The number of rotatable bonds is 4. The molecular formula is C16H17FN2O. The summed E-state index contributed by atoms with van der Waals surface area (Å²) in [6, 6.07) is 11.7. The van der Waals surface area contributed by atoms with E-state index in [-0.39, 0.29) is 11.7 Å². The van der Waals surface area contributed by atoms with Crippen molar-refractivity contribution in [3.8, 4) is 0 Å². The third-order valence-corrected chi connectivity index (χ3v) is 3.18. The van der Waals surface area contributed by atoms with Gasteiger partial charge in [0.05, 0.1) is 0 Å². The van der Waals surface area contributed by atoms with E-state index in [4.69, 9.17) is 5.73 Å². The average molecular weight is 272 g/mol. The lowest BCUT2D eigenvalue weighted by Crippen LogP contribution is -2.26. The van der Waals surface area contributed by atoms with Crippen LogP contribution in [-0.2, 0) is 6.42 Å². The van der Waals surface area contributed by atoms with Crippen LogP contribution < -0.4 is 11.1 Å². The van der Waals surface area contributed by atoms with Crippen molar-refractivity contribution in [3.05, 3.63) is 65.0 Å². The van der Waals surface area contributed by atoms with Crippen molar-refractivity contribution in [2.75, 3.05) is 12.3 Å². The third-order valence-electron chi connectivity index (χ3n) is 3.18. The Morgan fingerprint density at radius 3 is 2.70 bits per heavy atom. The van der Waals surface area contributed by atoms with Gasteiger partial charge < -0.3 is 11.1 Å². The van der Waals surface area contributed by atoms with Crippen LogP contribution in [0.4, 0.5) is 10.1 Å². The van der Waals surface area contributed by atoms with E-state index in [1.165, 1.54) is 6.07 Å². The molecule has 0 aliphatic carbocycles. The highest BCUT2D eigenvalue weighted by molar-refractivity contribution is 5.95. The molecule has 0 radical (unpaired) electrons. The van der Waals surface area contributed by atoms with Gasteiger partial charge in [-0.05, 0) is 42.7 Å². The fourth-order valence-corrected chi connectivity index (χ4v) is 1.90. The molecule has 0 heterocycles. The summed E-state index contributed by atoms with van der Waals surface area (Å²) in [6.07, 6.45) is 0.458. The van der Waals surface area contributed by atoms with Gasteiger partial charge in [-0.15, -0.1) is 0 Å². The summed E-state index contributed by atoms with van der Waals surface area (Å²) in [5.41, 5.74) is 8.41. The standard InChI is InChI=1S/C16H17FN2O/c1-11-6-7-13(10-15(11)18)16(20)19-9-8-12-4-2-3-5-14(12)17/h2-7,10H,8-9,18H2,1H3,(H,19,20). The van der Waals surface area contributed by atoms with Gasteiger partial charge in [0, 0.05) is 17.8 Å². The Morgan fingerprint density at radius 2 is 2.00 bits per heavy atom. The number of hydrogen-bond acceptors (Lipinski definition) is 2. The first kappa shape index (κ1) is 14.1. The largest absolute Gasteiger partial charge is 0.398 e. The number of nitrogen functional groups attached to an aromatic ring is 1. The van der Waals surface area contributed by atoms with Crippen LogP contribution in [0.5, 0.6) is 0 Å². The molecule has 0 fully saturated rings. The van der Waals surface area contributed by atoms with E-state index in [9.17, 15) is 9.18 Å². The predicted molar refractivity (Wildman–Crippen MR) is 78.0 cm³/mol. The van der Waals surface area contributed by atoms with Crippen molar-refractivity contribution in [1.29, 1.82) is 0 Å². The summed E-state index contributed by atoms with van der Waals surface area (Å²) < 4.78 is 13.4. The summed E-state index contributed by atoms with van der Waals surface area (Å²) in [5, 5.41) is 2.76. The van der Waals surface area contributed by atoms with Crippen molar-refractivity contribution in [2.45, 2.75) is 13.3 Å². The van der Waals surface area contributed by atoms with E-state index in [2.05, 4.69) is 5.32 Å². The monoisotopic (exact) mass is 272 g/mol. The zero-order valence-corrected chi connectivity index (χ0v) is 11.3. The van der Waals surface area contributed by atoms with Gasteiger partial charge in [-0.2, -0.15) is 0 Å². The zero-order chi connectivity index (χ0) is 14.5. The molecule has 0 spiro atoms. The van der Waals surface area contributed by atoms with Crippen molar-refractivity contribution in [3.63, 3.8) is 0 Å². The molecule has 0 aromatic heterocycles. The number of aryl methyl sites for hydroxylation is 1. The van der Waals surface area contributed by atoms with Gasteiger partial charge in [-0.3, -0.25) is 4.79 Å². The number of nitrogens with one attached hydrogen (secondary N) is 1. The molecule has 2 aromatic rings. The number of hydrogen-bond donors (Lipinski definition) is 2. The van der Waals surface area contributed by atoms with E-state index in [0.29, 0.717) is 29.8 Å². The molecule has 2 aromatic carbocycles. The van der Waals surface area contributed by atoms with Crippen LogP contribution in [0.2, 0.25) is 0 Å². The maximum atomic E-state index is 13.4. The molecule has 0 saturated heterocycles. The highest BCUT2D eigenvalue weighted by Gasteiger charge is 2.07. The molecule has 0 atom stereocenters. The first-order chi connectivity index (χ1) is 9.58. The fraction of sp³-hybridized carbons (Fsp3) is 0.188. The number of carbonyl (C=O) groups is 1. The molecule has 0 unspecified atom stereocenters. The molecular weight excluding hydrogens is 255 g/mol. The molecule has 0 saturated carbocycles. The zero-order valence-electron chi connectivity index (χ0n) is 11.3. The van der Waals surface area contributed by atoms with Gasteiger partial charge in [-0.25, -0.2) is 4.39 Å². The number of anilines is 1. The topological polar surface area (TPSA) is 55.1 Å². The highest BCUT2D eigenvalue weighted by atomic mass is 19.1. The molecule has 2 rings (SSSR count). The van der Waals surface area contributed by atoms with E-state index in [1.807, 2.05) is 6.92 Å². The van der Waals surface area contributed by atoms with E-state index in [1.54, 1.807) is 36.4 Å². The Kier molecular flexibility index (Phi) is 4.35. The summed E-state index contributed by atoms with van der Waals surface area (Å²) in [5.74, 6) is -0.450. The molecule has 1 amide bonds. The molecule has 0 bridgehead atoms. The van der Waals surface area contributed by atoms with E-state index in [0.717, 1.165) is 5.56 Å². The predicted octanol–water partition coefficient (Wildman–Crippen LogP) is 2.69. The SMILES string of the molecule is Cc1ccc(C(=O)NCCc2ccccc2F)cc1N. The average Bonchev–Trinajstić information content (AvgIpc) is 2.44. The van der Waals surface area contributed by atoms with Crippen LogP contribution in [0.25, 0.3) is 0 Å². The van der Waals surface area contributed by atoms with Crippen LogP contribution in [0, 0.1) is 12.7 Å². The number of amides is 1. The maximum absolute atomic E-state index is 13.4. The smallest absolute Gasteiger partial charge is 0.251 e. The highest BCUT2D eigenvalue weighted by Crippen LogP contribution is 2.13. The normalized spacial score (nSPS) is 10.3. The summed E-state index contributed by atoms with van der Waals surface area (Å²) in [7, 11) is 0. The second kappa shape index (κ2) is 6.19. The Labute approximate surface area is 117 Å². The summed E-state index contributed by atoms with van der Waals surface area (Å²) in [6.45, 7) is 2.27. The van der Waals surface area contributed by atoms with Crippen molar-refractivity contribution in [1.82, 2.24) is 5.32 Å². The molecule has 104 valence electrons. The molecule has 0 aliphatic rings. The minimum absolute atomic E-state index is 0.201. The van der Waals surface area contributed by atoms with Crippen molar-refractivity contribution < 1.29 is 9.18 Å². The summed E-state index contributed by atoms with van der Waals surface area (Å²) in [4.78, 5) is 11.9. The Bertz CT molecular complexity index is 626. The Morgan fingerprint density at radius 1 is 1.25 bits per heavy atom. The van der Waals surface area contributed by atoms with Crippen molar-refractivity contribution in [2.24, 2.45) is 0 Å². The van der Waals surface area contributed by atoms with Gasteiger partial charge >= 0.3 is 0 Å². The second-order valence-corrected chi connectivity index (χ2v) is 4.67. The number of carbonyl (C=O) groups excluding carboxylic acids is 1. The number of benzene rings is 2. The Balaban J connectivity index is 1.92. The lowest BCUT2D eigenvalue weighted by Gasteiger charge is -2.07. The van der Waals surface area contributed by atoms with Crippen LogP contribution >= 0.6 is 0 Å². The van der Waals surface area contributed by atoms with Crippen LogP contribution in [0.15, 0.2) is 42.5 Å². The first-order valence-corrected chi connectivity index (χ1v) is 6.45. The minimum Gasteiger partial charge on any atom is -0.398 e. The summed E-state index contributed by atoms with van der Waals surface area (Å²) >= 11 is 0. The van der Waals surface area contributed by atoms with Crippen molar-refractivity contribution >= 4 is 11.6 Å². The van der Waals surface area contributed by atoms with Gasteiger partial charge in [0.25, 0.3) is 5.91 Å². The molecule has 20 heavy (non-hydrogen) atoms. The number of halogens is 1. The van der Waals surface area contributed by atoms with Gasteiger partial charge in [0.2, 0.25) is 0 Å². The third kappa shape index (κ3) is 3.35. The lowest BCUT2D eigenvalue weighted by atomic mass is 10.1. The fourth-order valence-electron chi connectivity index (χ4n) is 1.90. The number of nitrogens with two attached hydrogens (primary N) is 1. The lowest BCUT2D eigenvalue weighted by molar-refractivity contribution is 0.0954. The van der Waals surface area contributed by atoms with E-state index >= 15 is 0 Å².